The number of piperidine rings is 1. The first-order valence-corrected chi connectivity index (χ1v) is 7.43. The van der Waals surface area contributed by atoms with Crippen molar-refractivity contribution < 1.29 is 10.2 Å². The molecule has 1 aromatic carbocycles. The lowest BCUT2D eigenvalue weighted by Gasteiger charge is -2.30. The molecule has 0 bridgehead atoms. The van der Waals surface area contributed by atoms with Gasteiger partial charge in [-0.15, -0.1) is 0 Å². The summed E-state index contributed by atoms with van der Waals surface area (Å²) in [6.45, 7) is 1.55. The second kappa shape index (κ2) is 6.29. The number of nitrogen functional groups attached to an aromatic ring is 1. The summed E-state index contributed by atoms with van der Waals surface area (Å²) in [4.78, 5) is 10.7. The van der Waals surface area contributed by atoms with E-state index in [-0.39, 0.29) is 18.7 Å². The minimum atomic E-state index is -0.221. The number of benzene rings is 1. The van der Waals surface area contributed by atoms with E-state index in [0.29, 0.717) is 0 Å². The van der Waals surface area contributed by atoms with Crippen molar-refractivity contribution in [2.24, 2.45) is 0 Å². The number of anilines is 2. The first kappa shape index (κ1) is 14.7. The molecule has 2 heterocycles. The van der Waals surface area contributed by atoms with Crippen LogP contribution in [0.1, 0.15) is 18.4 Å². The van der Waals surface area contributed by atoms with Crippen molar-refractivity contribution in [3.63, 3.8) is 0 Å². The molecule has 1 saturated heterocycles. The Kier molecular flexibility index (Phi) is 4.22. The largest absolute Gasteiger partial charge is 0.393 e. The molecule has 0 atom stereocenters. The average Bonchev–Trinajstić information content (AvgIpc) is 2.55. The molecule has 0 spiro atoms. The number of aliphatic hydroxyl groups excluding tert-OH is 2. The predicted molar refractivity (Wildman–Crippen MR) is 85.3 cm³/mol. The molecule has 4 N–H and O–H groups in total. The van der Waals surface area contributed by atoms with Crippen molar-refractivity contribution in [2.75, 3.05) is 23.7 Å². The number of nitrogens with zero attached hydrogens (tertiary/aromatic N) is 3. The Morgan fingerprint density at radius 3 is 2.45 bits per heavy atom. The van der Waals surface area contributed by atoms with E-state index in [1.165, 1.54) is 0 Å². The van der Waals surface area contributed by atoms with E-state index in [0.717, 1.165) is 48.6 Å². The number of aliphatic hydroxyl groups is 2. The topological polar surface area (TPSA) is 95.5 Å². The summed E-state index contributed by atoms with van der Waals surface area (Å²) in [5.74, 6) is 1.03. The second-order valence-electron chi connectivity index (χ2n) is 5.54. The van der Waals surface area contributed by atoms with E-state index in [4.69, 9.17) is 10.8 Å². The third-order valence-electron chi connectivity index (χ3n) is 3.95. The van der Waals surface area contributed by atoms with Crippen LogP contribution in [0.5, 0.6) is 0 Å². The monoisotopic (exact) mass is 300 g/mol. The number of rotatable bonds is 3. The van der Waals surface area contributed by atoms with Gasteiger partial charge in [0.05, 0.1) is 18.4 Å². The van der Waals surface area contributed by atoms with Gasteiger partial charge in [0.25, 0.3) is 0 Å². The molecule has 0 unspecified atom stereocenters. The van der Waals surface area contributed by atoms with Gasteiger partial charge in [0.2, 0.25) is 5.95 Å². The summed E-state index contributed by atoms with van der Waals surface area (Å²) in [5.41, 5.74) is 8.40. The molecular weight excluding hydrogens is 280 g/mol. The van der Waals surface area contributed by atoms with Crippen LogP contribution in [0.4, 0.5) is 11.8 Å². The van der Waals surface area contributed by atoms with Gasteiger partial charge < -0.3 is 20.8 Å². The molecule has 22 heavy (non-hydrogen) atoms. The van der Waals surface area contributed by atoms with E-state index in [9.17, 15) is 5.11 Å². The number of hydrogen-bond acceptors (Lipinski definition) is 6. The Morgan fingerprint density at radius 2 is 1.82 bits per heavy atom. The number of aromatic nitrogens is 2. The lowest BCUT2D eigenvalue weighted by molar-refractivity contribution is 0.145. The van der Waals surface area contributed by atoms with E-state index in [2.05, 4.69) is 14.9 Å². The third-order valence-corrected chi connectivity index (χ3v) is 3.95. The van der Waals surface area contributed by atoms with Crippen LogP contribution in [0.2, 0.25) is 0 Å². The summed E-state index contributed by atoms with van der Waals surface area (Å²) in [5, 5.41) is 18.7. The molecular formula is C16H20N4O2. The second-order valence-corrected chi connectivity index (χ2v) is 5.54. The average molecular weight is 300 g/mol. The molecule has 1 aliphatic rings. The molecule has 3 rings (SSSR count). The SMILES string of the molecule is Nc1nc(-c2ccc(CO)cc2)cc(N2CCC(O)CC2)n1. The normalized spacial score (nSPS) is 16.0. The van der Waals surface area contributed by atoms with Crippen LogP contribution < -0.4 is 10.6 Å². The molecule has 6 nitrogen and oxygen atoms in total. The maximum Gasteiger partial charge on any atom is 0.222 e. The molecule has 2 aromatic rings. The molecule has 1 aromatic heterocycles. The summed E-state index contributed by atoms with van der Waals surface area (Å²) in [6.07, 6.45) is 1.26. The van der Waals surface area contributed by atoms with Gasteiger partial charge in [0.15, 0.2) is 0 Å². The smallest absolute Gasteiger partial charge is 0.222 e. The van der Waals surface area contributed by atoms with Crippen LogP contribution in [-0.2, 0) is 6.61 Å². The van der Waals surface area contributed by atoms with Crippen LogP contribution in [-0.4, -0.2) is 39.4 Å². The highest BCUT2D eigenvalue weighted by molar-refractivity contribution is 5.64. The van der Waals surface area contributed by atoms with Gasteiger partial charge in [-0.05, 0) is 18.4 Å². The molecule has 0 radical (unpaired) electrons. The summed E-state index contributed by atoms with van der Waals surface area (Å²) >= 11 is 0. The van der Waals surface area contributed by atoms with Gasteiger partial charge in [0, 0.05) is 24.7 Å². The Hall–Kier alpha value is -2.18. The number of hydrogen-bond donors (Lipinski definition) is 3. The van der Waals surface area contributed by atoms with Gasteiger partial charge >= 0.3 is 0 Å². The molecule has 0 aliphatic carbocycles. The van der Waals surface area contributed by atoms with Gasteiger partial charge in [-0.3, -0.25) is 0 Å². The fourth-order valence-electron chi connectivity index (χ4n) is 2.64. The lowest BCUT2D eigenvalue weighted by atomic mass is 10.1. The molecule has 116 valence electrons. The highest BCUT2D eigenvalue weighted by Gasteiger charge is 2.19. The Labute approximate surface area is 129 Å². The lowest BCUT2D eigenvalue weighted by Crippen LogP contribution is -2.36. The van der Waals surface area contributed by atoms with Gasteiger partial charge in [-0.2, -0.15) is 4.98 Å². The minimum absolute atomic E-state index is 0.0214. The maximum absolute atomic E-state index is 9.61. The Bertz CT molecular complexity index is 637. The van der Waals surface area contributed by atoms with Crippen molar-refractivity contribution in [2.45, 2.75) is 25.6 Å². The zero-order valence-electron chi connectivity index (χ0n) is 12.3. The van der Waals surface area contributed by atoms with Gasteiger partial charge in [-0.25, -0.2) is 4.98 Å². The fraction of sp³-hybridized carbons (Fsp3) is 0.375. The first-order valence-electron chi connectivity index (χ1n) is 7.43. The van der Waals surface area contributed by atoms with E-state index >= 15 is 0 Å². The highest BCUT2D eigenvalue weighted by Crippen LogP contribution is 2.25. The van der Waals surface area contributed by atoms with Crippen molar-refractivity contribution in [3.05, 3.63) is 35.9 Å². The van der Waals surface area contributed by atoms with E-state index < -0.39 is 0 Å². The van der Waals surface area contributed by atoms with Crippen molar-refractivity contribution in [3.8, 4) is 11.3 Å². The van der Waals surface area contributed by atoms with Crippen molar-refractivity contribution >= 4 is 11.8 Å². The Morgan fingerprint density at radius 1 is 1.14 bits per heavy atom. The highest BCUT2D eigenvalue weighted by atomic mass is 16.3. The van der Waals surface area contributed by atoms with Crippen molar-refractivity contribution in [1.82, 2.24) is 9.97 Å². The molecule has 1 fully saturated rings. The standard InChI is InChI=1S/C16H20N4O2/c17-16-18-14(12-3-1-11(10-21)2-4-12)9-15(19-16)20-7-5-13(22)6-8-20/h1-4,9,13,21-22H,5-8,10H2,(H2,17,18,19). The van der Waals surface area contributed by atoms with Crippen LogP contribution >= 0.6 is 0 Å². The predicted octanol–water partition coefficient (Wildman–Crippen LogP) is 1.18. The zero-order chi connectivity index (χ0) is 15.5. The minimum Gasteiger partial charge on any atom is -0.393 e. The van der Waals surface area contributed by atoms with E-state index in [1.807, 2.05) is 30.3 Å². The van der Waals surface area contributed by atoms with Crippen molar-refractivity contribution in [1.29, 1.82) is 0 Å². The van der Waals surface area contributed by atoms with Crippen LogP contribution in [0.3, 0.4) is 0 Å². The fourth-order valence-corrected chi connectivity index (χ4v) is 2.64. The molecule has 0 amide bonds. The maximum atomic E-state index is 9.61. The molecule has 0 saturated carbocycles. The van der Waals surface area contributed by atoms with Crippen LogP contribution in [0.25, 0.3) is 11.3 Å². The van der Waals surface area contributed by atoms with E-state index in [1.54, 1.807) is 0 Å². The summed E-state index contributed by atoms with van der Waals surface area (Å²) < 4.78 is 0. The summed E-state index contributed by atoms with van der Waals surface area (Å²) in [7, 11) is 0. The van der Waals surface area contributed by atoms with Gasteiger partial charge in [0.1, 0.15) is 5.82 Å². The van der Waals surface area contributed by atoms with Crippen LogP contribution in [0.15, 0.2) is 30.3 Å². The zero-order valence-corrected chi connectivity index (χ0v) is 12.3. The first-order chi connectivity index (χ1) is 10.7. The molecule has 1 aliphatic heterocycles. The summed E-state index contributed by atoms with van der Waals surface area (Å²) in [6, 6.07) is 9.48. The number of nitrogens with two attached hydrogens (primary N) is 1. The van der Waals surface area contributed by atoms with Crippen LogP contribution in [0, 0.1) is 0 Å². The molecule has 6 heteroatoms. The third kappa shape index (κ3) is 3.18. The Balaban J connectivity index is 1.88. The van der Waals surface area contributed by atoms with Gasteiger partial charge in [-0.1, -0.05) is 24.3 Å². The quantitative estimate of drug-likeness (QED) is 0.788.